The lowest BCUT2D eigenvalue weighted by Gasteiger charge is -2.13. The Bertz CT molecular complexity index is 2120. The monoisotopic (exact) mass is 561 g/mol. The smallest absolute Gasteiger partial charge is 0.164 e. The Hall–Kier alpha value is -5.93. The fourth-order valence-electron chi connectivity index (χ4n) is 5.77. The van der Waals surface area contributed by atoms with Crippen LogP contribution in [0.3, 0.4) is 0 Å². The highest BCUT2D eigenvalue weighted by atomic mass is 15.0. The van der Waals surface area contributed by atoms with Gasteiger partial charge in [-0.1, -0.05) is 133 Å². The van der Waals surface area contributed by atoms with E-state index in [1.165, 1.54) is 10.8 Å². The quantitative estimate of drug-likeness (QED) is 0.210. The Morgan fingerprint density at radius 1 is 0.227 bits per heavy atom. The molecule has 0 aliphatic carbocycles. The van der Waals surface area contributed by atoms with Gasteiger partial charge in [-0.3, -0.25) is 0 Å². The predicted molar refractivity (Wildman–Crippen MR) is 182 cm³/mol. The second-order valence-electron chi connectivity index (χ2n) is 11.0. The van der Waals surface area contributed by atoms with E-state index in [0.29, 0.717) is 17.5 Å². The maximum Gasteiger partial charge on any atom is 0.164 e. The summed E-state index contributed by atoms with van der Waals surface area (Å²) in [5.41, 5.74) is 7.37. The van der Waals surface area contributed by atoms with Gasteiger partial charge in [0.25, 0.3) is 0 Å². The van der Waals surface area contributed by atoms with Crippen molar-refractivity contribution in [3.05, 3.63) is 164 Å². The van der Waals surface area contributed by atoms with Crippen LogP contribution < -0.4 is 0 Å². The molecule has 0 aliphatic rings. The minimum atomic E-state index is 0.640. The van der Waals surface area contributed by atoms with Crippen LogP contribution >= 0.6 is 0 Å². The van der Waals surface area contributed by atoms with Crippen molar-refractivity contribution in [2.75, 3.05) is 0 Å². The van der Waals surface area contributed by atoms with Crippen molar-refractivity contribution in [3.63, 3.8) is 0 Å². The molecule has 0 aliphatic heterocycles. The number of aromatic nitrogens is 3. The molecule has 0 saturated heterocycles. The molecule has 1 heterocycles. The lowest BCUT2D eigenvalue weighted by molar-refractivity contribution is 1.08. The van der Waals surface area contributed by atoms with Crippen molar-refractivity contribution in [1.29, 1.82) is 0 Å². The molecule has 0 amide bonds. The van der Waals surface area contributed by atoms with Crippen molar-refractivity contribution in [2.24, 2.45) is 0 Å². The van der Waals surface area contributed by atoms with E-state index in [1.807, 2.05) is 12.1 Å². The van der Waals surface area contributed by atoms with Gasteiger partial charge in [-0.25, -0.2) is 15.0 Å². The van der Waals surface area contributed by atoms with Crippen LogP contribution in [0.25, 0.3) is 78.0 Å². The van der Waals surface area contributed by atoms with Crippen LogP contribution in [-0.2, 0) is 0 Å². The molecule has 1 aromatic heterocycles. The SMILES string of the molecule is c1ccc(-c2cc(-c3ccccc3)cc(-c3nc(-c4ccc5ccccc5c4)nc(-c4ccc5ccccc5c4)n3)c2)cc1. The number of hydrogen-bond donors (Lipinski definition) is 0. The molecule has 3 nitrogen and oxygen atoms in total. The van der Waals surface area contributed by atoms with Gasteiger partial charge in [-0.05, 0) is 74.1 Å². The third-order valence-corrected chi connectivity index (χ3v) is 8.06. The van der Waals surface area contributed by atoms with Crippen LogP contribution in [0.2, 0.25) is 0 Å². The summed E-state index contributed by atoms with van der Waals surface area (Å²) in [7, 11) is 0. The largest absolute Gasteiger partial charge is 0.208 e. The zero-order valence-electron chi connectivity index (χ0n) is 23.9. The highest BCUT2D eigenvalue weighted by Crippen LogP contribution is 2.34. The van der Waals surface area contributed by atoms with E-state index < -0.39 is 0 Å². The maximum absolute atomic E-state index is 5.12. The lowest BCUT2D eigenvalue weighted by Crippen LogP contribution is -2.00. The Labute approximate surface area is 256 Å². The lowest BCUT2D eigenvalue weighted by atomic mass is 9.96. The van der Waals surface area contributed by atoms with Gasteiger partial charge in [0.15, 0.2) is 17.5 Å². The van der Waals surface area contributed by atoms with Gasteiger partial charge in [0.1, 0.15) is 0 Å². The summed E-state index contributed by atoms with van der Waals surface area (Å²) < 4.78 is 0. The standard InChI is InChI=1S/C41H27N3/c1-3-11-28(12-4-1)36-25-37(29-13-5-2-6-14-29)27-38(26-36)41-43-39(34-21-19-30-15-7-9-17-32(30)23-34)42-40(44-41)35-22-20-31-16-8-10-18-33(31)24-35/h1-27H. The van der Waals surface area contributed by atoms with Gasteiger partial charge in [-0.15, -0.1) is 0 Å². The fourth-order valence-corrected chi connectivity index (χ4v) is 5.77. The van der Waals surface area contributed by atoms with Crippen molar-refractivity contribution in [3.8, 4) is 56.4 Å². The second-order valence-corrected chi connectivity index (χ2v) is 11.0. The highest BCUT2D eigenvalue weighted by Gasteiger charge is 2.15. The van der Waals surface area contributed by atoms with Crippen molar-refractivity contribution in [2.45, 2.75) is 0 Å². The van der Waals surface area contributed by atoms with Gasteiger partial charge in [-0.2, -0.15) is 0 Å². The minimum absolute atomic E-state index is 0.640. The molecule has 7 aromatic carbocycles. The molecule has 0 spiro atoms. The van der Waals surface area contributed by atoms with Gasteiger partial charge in [0.2, 0.25) is 0 Å². The molecular weight excluding hydrogens is 534 g/mol. The first-order valence-corrected chi connectivity index (χ1v) is 14.8. The summed E-state index contributed by atoms with van der Waals surface area (Å²) in [5.74, 6) is 1.94. The summed E-state index contributed by atoms with van der Waals surface area (Å²) in [4.78, 5) is 15.3. The summed E-state index contributed by atoms with van der Waals surface area (Å²) in [6, 6.07) is 57.1. The maximum atomic E-state index is 5.12. The van der Waals surface area contributed by atoms with E-state index in [1.54, 1.807) is 0 Å². The van der Waals surface area contributed by atoms with Crippen molar-refractivity contribution < 1.29 is 0 Å². The molecule has 3 heteroatoms. The Kier molecular flexibility index (Phi) is 6.47. The molecule has 0 unspecified atom stereocenters. The molecule has 8 aromatic rings. The Morgan fingerprint density at radius 3 is 1.05 bits per heavy atom. The summed E-state index contributed by atoms with van der Waals surface area (Å²) in [6.07, 6.45) is 0. The topological polar surface area (TPSA) is 38.7 Å². The molecule has 0 fully saturated rings. The normalized spacial score (nSPS) is 11.2. The molecule has 0 atom stereocenters. The zero-order valence-corrected chi connectivity index (χ0v) is 23.9. The van der Waals surface area contributed by atoms with E-state index in [-0.39, 0.29) is 0 Å². The van der Waals surface area contributed by atoms with Crippen LogP contribution in [0.4, 0.5) is 0 Å². The highest BCUT2D eigenvalue weighted by molar-refractivity contribution is 5.88. The number of rotatable bonds is 5. The van der Waals surface area contributed by atoms with Crippen LogP contribution in [0, 0.1) is 0 Å². The zero-order chi connectivity index (χ0) is 29.3. The molecular formula is C41H27N3. The molecule has 0 saturated carbocycles. The van der Waals surface area contributed by atoms with Crippen LogP contribution in [0.5, 0.6) is 0 Å². The first-order chi connectivity index (χ1) is 21.8. The summed E-state index contributed by atoms with van der Waals surface area (Å²) in [6.45, 7) is 0. The number of nitrogens with zero attached hydrogens (tertiary/aromatic N) is 3. The summed E-state index contributed by atoms with van der Waals surface area (Å²) >= 11 is 0. The average Bonchev–Trinajstić information content (AvgIpc) is 3.11. The molecule has 8 rings (SSSR count). The van der Waals surface area contributed by atoms with Gasteiger partial charge in [0.05, 0.1) is 0 Å². The minimum Gasteiger partial charge on any atom is -0.208 e. The van der Waals surface area contributed by atoms with Gasteiger partial charge >= 0.3 is 0 Å². The Balaban J connectivity index is 1.36. The molecule has 0 N–H and O–H groups in total. The first kappa shape index (κ1) is 25.8. The van der Waals surface area contributed by atoms with Crippen LogP contribution in [-0.4, -0.2) is 15.0 Å². The first-order valence-electron chi connectivity index (χ1n) is 14.8. The van der Waals surface area contributed by atoms with Crippen LogP contribution in [0.1, 0.15) is 0 Å². The van der Waals surface area contributed by atoms with E-state index in [0.717, 1.165) is 49.7 Å². The van der Waals surface area contributed by atoms with Crippen molar-refractivity contribution >= 4 is 21.5 Å². The third kappa shape index (κ3) is 5.01. The van der Waals surface area contributed by atoms with Crippen molar-refractivity contribution in [1.82, 2.24) is 15.0 Å². The fraction of sp³-hybridized carbons (Fsp3) is 0. The number of fused-ring (bicyclic) bond motifs is 2. The molecule has 0 bridgehead atoms. The van der Waals surface area contributed by atoms with E-state index >= 15 is 0 Å². The molecule has 44 heavy (non-hydrogen) atoms. The third-order valence-electron chi connectivity index (χ3n) is 8.06. The predicted octanol–water partition coefficient (Wildman–Crippen LogP) is 10.5. The summed E-state index contributed by atoms with van der Waals surface area (Å²) in [5, 5.41) is 4.67. The van der Waals surface area contributed by atoms with E-state index in [4.69, 9.17) is 15.0 Å². The average molecular weight is 562 g/mol. The van der Waals surface area contributed by atoms with Gasteiger partial charge in [0, 0.05) is 16.7 Å². The molecule has 0 radical (unpaired) electrons. The Morgan fingerprint density at radius 2 is 0.591 bits per heavy atom. The number of hydrogen-bond acceptors (Lipinski definition) is 3. The number of benzene rings is 7. The van der Waals surface area contributed by atoms with Crippen LogP contribution in [0.15, 0.2) is 164 Å². The van der Waals surface area contributed by atoms with E-state index in [2.05, 4.69) is 152 Å². The van der Waals surface area contributed by atoms with E-state index in [9.17, 15) is 0 Å². The van der Waals surface area contributed by atoms with Gasteiger partial charge < -0.3 is 0 Å². The molecule has 206 valence electrons. The second kappa shape index (κ2) is 11.0.